The quantitative estimate of drug-likeness (QED) is 0.607. The molecule has 3 nitrogen and oxygen atoms in total. The number of benzene rings is 2. The molecule has 0 aliphatic carbocycles. The van der Waals surface area contributed by atoms with Gasteiger partial charge in [-0.3, -0.25) is 0 Å². The SMILES string of the molecule is N=NC1=[C-]c2ccccc2CNc2ccccc21.[V]. The molecule has 2 aromatic carbocycles. The Morgan fingerprint density at radius 2 is 1.79 bits per heavy atom. The summed E-state index contributed by atoms with van der Waals surface area (Å²) < 4.78 is 0. The van der Waals surface area contributed by atoms with Crippen molar-refractivity contribution in [1.82, 2.24) is 0 Å². The normalized spacial score (nSPS) is 12.5. The number of nitrogens with zero attached hydrogens (tertiary/aromatic N) is 1. The third-order valence-electron chi connectivity index (χ3n) is 3.03. The van der Waals surface area contributed by atoms with Gasteiger partial charge in [0, 0.05) is 36.5 Å². The van der Waals surface area contributed by atoms with Crippen LogP contribution in [0.5, 0.6) is 0 Å². The fourth-order valence-electron chi connectivity index (χ4n) is 2.11. The van der Waals surface area contributed by atoms with Gasteiger partial charge in [-0.1, -0.05) is 30.3 Å². The van der Waals surface area contributed by atoms with E-state index in [1.165, 1.54) is 0 Å². The Morgan fingerprint density at radius 1 is 1.05 bits per heavy atom. The van der Waals surface area contributed by atoms with Crippen LogP contribution in [0.3, 0.4) is 0 Å². The monoisotopic (exact) mass is 285 g/mol. The fourth-order valence-corrected chi connectivity index (χ4v) is 2.11. The minimum absolute atomic E-state index is 0. The molecule has 19 heavy (non-hydrogen) atoms. The standard InChI is InChI=1S/C15H12N3.V/c16-18-15-9-11-5-1-2-6-12(11)10-17-14-8-4-3-7-13(14)15;/h1-8,16-17H,10H2;/q-1;. The predicted molar refractivity (Wildman–Crippen MR) is 71.1 cm³/mol. The van der Waals surface area contributed by atoms with E-state index in [1.807, 2.05) is 42.5 Å². The Hall–Kier alpha value is -1.84. The molecule has 1 heterocycles. The maximum absolute atomic E-state index is 7.34. The first-order valence-corrected chi connectivity index (χ1v) is 5.81. The van der Waals surface area contributed by atoms with Gasteiger partial charge in [0.2, 0.25) is 0 Å². The number of para-hydroxylation sites is 1. The molecule has 0 saturated heterocycles. The topological polar surface area (TPSA) is 48.2 Å². The molecule has 1 radical (unpaired) electrons. The fraction of sp³-hybridized carbons (Fsp3) is 0.0667. The average molecular weight is 285 g/mol. The summed E-state index contributed by atoms with van der Waals surface area (Å²) in [6, 6.07) is 15.9. The molecule has 0 unspecified atom stereocenters. The molecule has 2 N–H and O–H groups in total. The molecule has 0 spiro atoms. The van der Waals surface area contributed by atoms with E-state index in [2.05, 4.69) is 22.6 Å². The summed E-state index contributed by atoms with van der Waals surface area (Å²) in [5.41, 5.74) is 12.0. The first-order valence-electron chi connectivity index (χ1n) is 5.81. The number of hydrogen-bond acceptors (Lipinski definition) is 3. The van der Waals surface area contributed by atoms with Crippen LogP contribution in [0.4, 0.5) is 5.69 Å². The van der Waals surface area contributed by atoms with Gasteiger partial charge in [0.15, 0.2) is 0 Å². The van der Waals surface area contributed by atoms with Crippen molar-refractivity contribution in [2.24, 2.45) is 5.11 Å². The third kappa shape index (κ3) is 2.62. The molecule has 1 aliphatic rings. The van der Waals surface area contributed by atoms with Crippen LogP contribution in [0.2, 0.25) is 0 Å². The second-order valence-corrected chi connectivity index (χ2v) is 4.14. The first-order chi connectivity index (χ1) is 8.88. The van der Waals surface area contributed by atoms with Gasteiger partial charge in [-0.25, -0.2) is 5.53 Å². The van der Waals surface area contributed by atoms with E-state index in [4.69, 9.17) is 5.53 Å². The van der Waals surface area contributed by atoms with E-state index in [0.717, 1.165) is 28.9 Å². The summed E-state index contributed by atoms with van der Waals surface area (Å²) in [6.45, 7) is 0.755. The Labute approximate surface area is 124 Å². The number of fused-ring (bicyclic) bond motifs is 2. The van der Waals surface area contributed by atoms with Gasteiger partial charge in [0.25, 0.3) is 0 Å². The zero-order chi connectivity index (χ0) is 12.4. The number of hydrogen-bond donors (Lipinski definition) is 2. The van der Waals surface area contributed by atoms with Gasteiger partial charge >= 0.3 is 0 Å². The van der Waals surface area contributed by atoms with Crippen molar-refractivity contribution in [3.8, 4) is 0 Å². The molecule has 2 aromatic rings. The molecule has 4 heteroatoms. The molecule has 0 saturated carbocycles. The second kappa shape index (κ2) is 5.87. The molecule has 0 aromatic heterocycles. The van der Waals surface area contributed by atoms with Crippen molar-refractivity contribution in [3.05, 3.63) is 71.3 Å². The van der Waals surface area contributed by atoms with Gasteiger partial charge in [-0.2, -0.15) is 5.11 Å². The van der Waals surface area contributed by atoms with Crippen LogP contribution in [-0.2, 0) is 25.1 Å². The van der Waals surface area contributed by atoms with Crippen molar-refractivity contribution in [2.45, 2.75) is 6.54 Å². The summed E-state index contributed by atoms with van der Waals surface area (Å²) in [5.74, 6) is 0. The smallest absolute Gasteiger partial charge is 0.0122 e. The molecule has 0 fully saturated rings. The van der Waals surface area contributed by atoms with Crippen LogP contribution >= 0.6 is 0 Å². The average Bonchev–Trinajstić information content (AvgIpc) is 2.41. The number of rotatable bonds is 1. The third-order valence-corrected chi connectivity index (χ3v) is 3.03. The van der Waals surface area contributed by atoms with E-state index < -0.39 is 0 Å². The molecule has 0 bridgehead atoms. The molecule has 0 amide bonds. The van der Waals surface area contributed by atoms with Gasteiger partial charge in [-0.15, -0.1) is 29.3 Å². The first kappa shape index (κ1) is 13.6. The zero-order valence-electron chi connectivity index (χ0n) is 10.2. The van der Waals surface area contributed by atoms with Crippen LogP contribution in [0.25, 0.3) is 5.70 Å². The number of anilines is 1. The van der Waals surface area contributed by atoms with Gasteiger partial charge < -0.3 is 5.32 Å². The van der Waals surface area contributed by atoms with Crippen LogP contribution in [0.15, 0.2) is 53.6 Å². The van der Waals surface area contributed by atoms with Crippen LogP contribution < -0.4 is 5.32 Å². The summed E-state index contributed by atoms with van der Waals surface area (Å²) in [7, 11) is 0. The molecule has 0 atom stereocenters. The Balaban J connectivity index is 0.00000133. The summed E-state index contributed by atoms with van der Waals surface area (Å²) in [6.07, 6.45) is 3.23. The van der Waals surface area contributed by atoms with E-state index in [-0.39, 0.29) is 18.6 Å². The Morgan fingerprint density at radius 3 is 2.63 bits per heavy atom. The minimum Gasteiger partial charge on any atom is -0.396 e. The van der Waals surface area contributed by atoms with Crippen molar-refractivity contribution in [3.63, 3.8) is 0 Å². The Kier molecular flexibility index (Phi) is 4.20. The van der Waals surface area contributed by atoms with Crippen molar-refractivity contribution in [1.29, 1.82) is 5.53 Å². The molecule has 1 aliphatic heterocycles. The van der Waals surface area contributed by atoms with Crippen molar-refractivity contribution in [2.75, 3.05) is 5.32 Å². The van der Waals surface area contributed by atoms with E-state index in [1.54, 1.807) is 0 Å². The van der Waals surface area contributed by atoms with Gasteiger partial charge in [0.05, 0.1) is 0 Å². The molecular formula is C15H12N3V-. The Bertz CT molecular complexity index is 635. The van der Waals surface area contributed by atoms with Crippen molar-refractivity contribution < 1.29 is 18.6 Å². The van der Waals surface area contributed by atoms with Crippen LogP contribution in [0.1, 0.15) is 16.7 Å². The maximum atomic E-state index is 7.34. The molecule has 93 valence electrons. The van der Waals surface area contributed by atoms with E-state index in [9.17, 15) is 0 Å². The number of nitrogens with one attached hydrogen (secondary N) is 2. The van der Waals surface area contributed by atoms with E-state index >= 15 is 0 Å². The van der Waals surface area contributed by atoms with Crippen LogP contribution in [-0.4, -0.2) is 0 Å². The predicted octanol–water partition coefficient (Wildman–Crippen LogP) is 3.83. The van der Waals surface area contributed by atoms with Crippen LogP contribution in [0, 0.1) is 11.6 Å². The zero-order valence-corrected chi connectivity index (χ0v) is 11.6. The molecule has 3 rings (SSSR count). The largest absolute Gasteiger partial charge is 0.396 e. The molecular weight excluding hydrogens is 273 g/mol. The van der Waals surface area contributed by atoms with Gasteiger partial charge in [-0.05, 0) is 11.6 Å². The summed E-state index contributed by atoms with van der Waals surface area (Å²) in [4.78, 5) is 0. The van der Waals surface area contributed by atoms with Gasteiger partial charge in [0.1, 0.15) is 0 Å². The minimum atomic E-state index is 0. The summed E-state index contributed by atoms with van der Waals surface area (Å²) >= 11 is 0. The maximum Gasteiger partial charge on any atom is 0.0122 e. The summed E-state index contributed by atoms with van der Waals surface area (Å²) in [5, 5.41) is 6.99. The second-order valence-electron chi connectivity index (χ2n) is 4.14. The van der Waals surface area contributed by atoms with E-state index in [0.29, 0.717) is 5.70 Å². The van der Waals surface area contributed by atoms with Crippen molar-refractivity contribution >= 4 is 11.4 Å².